The van der Waals surface area contributed by atoms with E-state index in [1.807, 2.05) is 0 Å². The fourth-order valence-corrected chi connectivity index (χ4v) is 1.84. The van der Waals surface area contributed by atoms with E-state index in [-0.39, 0.29) is 17.0 Å². The number of rotatable bonds is 3. The van der Waals surface area contributed by atoms with Gasteiger partial charge in [0.15, 0.2) is 0 Å². The van der Waals surface area contributed by atoms with Gasteiger partial charge in [0.25, 0.3) is 5.91 Å². The zero-order chi connectivity index (χ0) is 13.8. The number of aromatic nitrogens is 1. The van der Waals surface area contributed by atoms with E-state index in [0.717, 1.165) is 4.47 Å². The Bertz CT molecular complexity index is 643. The minimum Gasteiger partial charge on any atom is -0.478 e. The number of aromatic carboxylic acids is 1. The van der Waals surface area contributed by atoms with Crippen LogP contribution >= 0.6 is 15.9 Å². The monoisotopic (exact) mass is 320 g/mol. The highest BCUT2D eigenvalue weighted by Crippen LogP contribution is 2.15. The molecule has 2 N–H and O–H groups in total. The van der Waals surface area contributed by atoms with Crippen LogP contribution in [-0.4, -0.2) is 22.0 Å². The number of nitrogens with one attached hydrogen (secondary N) is 1. The Balaban J connectivity index is 2.20. The minimum absolute atomic E-state index is 0.0695. The molecule has 2 rings (SSSR count). The molecule has 19 heavy (non-hydrogen) atoms. The van der Waals surface area contributed by atoms with E-state index in [2.05, 4.69) is 26.2 Å². The maximum atomic E-state index is 12.0. The zero-order valence-corrected chi connectivity index (χ0v) is 11.2. The van der Waals surface area contributed by atoms with Gasteiger partial charge in [0, 0.05) is 16.2 Å². The molecule has 0 bridgehead atoms. The van der Waals surface area contributed by atoms with Crippen molar-refractivity contribution in [3.63, 3.8) is 0 Å². The van der Waals surface area contributed by atoms with E-state index in [1.165, 1.54) is 24.4 Å². The number of hydrogen-bond acceptors (Lipinski definition) is 3. The van der Waals surface area contributed by atoms with E-state index in [4.69, 9.17) is 5.11 Å². The second-order valence-corrected chi connectivity index (χ2v) is 4.65. The number of anilines is 1. The molecule has 2 aromatic rings. The van der Waals surface area contributed by atoms with Crippen molar-refractivity contribution in [2.45, 2.75) is 0 Å². The highest BCUT2D eigenvalue weighted by Gasteiger charge is 2.09. The number of amides is 1. The third kappa shape index (κ3) is 3.38. The van der Waals surface area contributed by atoms with Gasteiger partial charge in [-0.1, -0.05) is 6.07 Å². The van der Waals surface area contributed by atoms with Crippen LogP contribution in [-0.2, 0) is 0 Å². The molecule has 0 aliphatic rings. The van der Waals surface area contributed by atoms with Crippen molar-refractivity contribution < 1.29 is 14.7 Å². The molecule has 0 spiro atoms. The summed E-state index contributed by atoms with van der Waals surface area (Å²) in [5.74, 6) is -1.46. The SMILES string of the molecule is O=C(O)c1cccc(C(=O)Nc2cncc(Br)c2)c1. The molecule has 96 valence electrons. The molecule has 0 saturated heterocycles. The van der Waals surface area contributed by atoms with Crippen molar-refractivity contribution in [1.82, 2.24) is 4.98 Å². The van der Waals surface area contributed by atoms with Gasteiger partial charge in [-0.2, -0.15) is 0 Å². The standard InChI is InChI=1S/C13H9BrN2O3/c14-10-5-11(7-15-6-10)16-12(17)8-2-1-3-9(4-8)13(18)19/h1-7H,(H,16,17)(H,18,19). The Kier molecular flexibility index (Phi) is 3.91. The highest BCUT2D eigenvalue weighted by atomic mass is 79.9. The summed E-state index contributed by atoms with van der Waals surface area (Å²) in [5.41, 5.74) is 0.875. The summed E-state index contributed by atoms with van der Waals surface area (Å²) < 4.78 is 0.740. The summed E-state index contributed by atoms with van der Waals surface area (Å²) >= 11 is 3.25. The summed E-state index contributed by atoms with van der Waals surface area (Å²) in [6.07, 6.45) is 3.10. The number of hydrogen-bond donors (Lipinski definition) is 2. The molecule has 0 atom stereocenters. The van der Waals surface area contributed by atoms with Crippen molar-refractivity contribution in [3.8, 4) is 0 Å². The lowest BCUT2D eigenvalue weighted by molar-refractivity contribution is 0.0697. The second-order valence-electron chi connectivity index (χ2n) is 3.73. The molecule has 0 fully saturated rings. The average Bonchev–Trinajstić information content (AvgIpc) is 2.39. The quantitative estimate of drug-likeness (QED) is 0.911. The Hall–Kier alpha value is -2.21. The fourth-order valence-electron chi connectivity index (χ4n) is 1.48. The van der Waals surface area contributed by atoms with Crippen LogP contribution in [0.4, 0.5) is 5.69 Å². The predicted molar refractivity (Wildman–Crippen MR) is 73.3 cm³/mol. The number of halogens is 1. The summed E-state index contributed by atoms with van der Waals surface area (Å²) in [5, 5.41) is 11.5. The molecule has 0 aliphatic heterocycles. The van der Waals surface area contributed by atoms with E-state index in [0.29, 0.717) is 5.69 Å². The molecule has 0 radical (unpaired) electrons. The van der Waals surface area contributed by atoms with Crippen LogP contribution in [0.3, 0.4) is 0 Å². The van der Waals surface area contributed by atoms with Gasteiger partial charge >= 0.3 is 5.97 Å². The number of nitrogens with zero attached hydrogens (tertiary/aromatic N) is 1. The summed E-state index contributed by atoms with van der Waals surface area (Å²) in [4.78, 5) is 26.7. The van der Waals surface area contributed by atoms with E-state index >= 15 is 0 Å². The van der Waals surface area contributed by atoms with E-state index in [9.17, 15) is 9.59 Å². The first-order chi connectivity index (χ1) is 9.06. The molecule has 0 unspecified atom stereocenters. The summed E-state index contributed by atoms with van der Waals surface area (Å²) in [7, 11) is 0. The van der Waals surface area contributed by atoms with Gasteiger partial charge in [0.05, 0.1) is 17.4 Å². The van der Waals surface area contributed by atoms with Crippen molar-refractivity contribution in [3.05, 3.63) is 58.3 Å². The van der Waals surface area contributed by atoms with Gasteiger partial charge in [0.1, 0.15) is 0 Å². The third-order valence-electron chi connectivity index (χ3n) is 2.33. The van der Waals surface area contributed by atoms with Crippen LogP contribution < -0.4 is 5.32 Å². The number of pyridine rings is 1. The topological polar surface area (TPSA) is 79.3 Å². The molecule has 5 nitrogen and oxygen atoms in total. The first-order valence-corrected chi connectivity index (χ1v) is 6.11. The molecule has 0 aliphatic carbocycles. The number of carboxylic acid groups (broad SMARTS) is 1. The van der Waals surface area contributed by atoms with Crippen molar-refractivity contribution >= 4 is 33.5 Å². The van der Waals surface area contributed by atoms with Gasteiger partial charge in [0.2, 0.25) is 0 Å². The van der Waals surface area contributed by atoms with Crippen molar-refractivity contribution in [1.29, 1.82) is 0 Å². The maximum Gasteiger partial charge on any atom is 0.335 e. The van der Waals surface area contributed by atoms with Crippen LogP contribution in [0.5, 0.6) is 0 Å². The van der Waals surface area contributed by atoms with Crippen LogP contribution in [0.25, 0.3) is 0 Å². The van der Waals surface area contributed by atoms with Gasteiger partial charge in [-0.05, 0) is 40.2 Å². The number of benzene rings is 1. The predicted octanol–water partition coefficient (Wildman–Crippen LogP) is 2.79. The van der Waals surface area contributed by atoms with E-state index in [1.54, 1.807) is 18.3 Å². The van der Waals surface area contributed by atoms with Crippen molar-refractivity contribution in [2.24, 2.45) is 0 Å². The lowest BCUT2D eigenvalue weighted by Crippen LogP contribution is -2.13. The van der Waals surface area contributed by atoms with Gasteiger partial charge in [-0.25, -0.2) is 4.79 Å². The van der Waals surface area contributed by atoms with Gasteiger partial charge < -0.3 is 10.4 Å². The smallest absolute Gasteiger partial charge is 0.335 e. The summed E-state index contributed by atoms with van der Waals surface area (Å²) in [6, 6.07) is 7.53. The number of carboxylic acids is 1. The zero-order valence-electron chi connectivity index (χ0n) is 9.63. The minimum atomic E-state index is -1.07. The Morgan fingerprint density at radius 1 is 1.16 bits per heavy atom. The first kappa shape index (κ1) is 13.2. The Morgan fingerprint density at radius 3 is 2.58 bits per heavy atom. The Morgan fingerprint density at radius 2 is 1.89 bits per heavy atom. The fraction of sp³-hybridized carbons (Fsp3) is 0. The second kappa shape index (κ2) is 5.62. The molecule has 1 amide bonds. The average molecular weight is 321 g/mol. The van der Waals surface area contributed by atoms with Crippen molar-refractivity contribution in [2.75, 3.05) is 5.32 Å². The summed E-state index contributed by atoms with van der Waals surface area (Å²) in [6.45, 7) is 0. The van der Waals surface area contributed by atoms with Crippen LogP contribution in [0.1, 0.15) is 20.7 Å². The highest BCUT2D eigenvalue weighted by molar-refractivity contribution is 9.10. The first-order valence-electron chi connectivity index (χ1n) is 5.31. The number of carbonyl (C=O) groups excluding carboxylic acids is 1. The lowest BCUT2D eigenvalue weighted by atomic mass is 10.1. The lowest BCUT2D eigenvalue weighted by Gasteiger charge is -2.05. The molecule has 1 heterocycles. The molecular weight excluding hydrogens is 312 g/mol. The molecular formula is C13H9BrN2O3. The number of carbonyl (C=O) groups is 2. The Labute approximate surface area is 117 Å². The molecule has 1 aromatic carbocycles. The third-order valence-corrected chi connectivity index (χ3v) is 2.77. The largest absolute Gasteiger partial charge is 0.478 e. The maximum absolute atomic E-state index is 12.0. The molecule has 0 saturated carbocycles. The van der Waals surface area contributed by atoms with Crippen LogP contribution in [0.2, 0.25) is 0 Å². The van der Waals surface area contributed by atoms with Gasteiger partial charge in [-0.3, -0.25) is 9.78 Å². The molecule has 6 heteroatoms. The van der Waals surface area contributed by atoms with Gasteiger partial charge in [-0.15, -0.1) is 0 Å². The van der Waals surface area contributed by atoms with Crippen LogP contribution in [0, 0.1) is 0 Å². The van der Waals surface area contributed by atoms with E-state index < -0.39 is 5.97 Å². The van der Waals surface area contributed by atoms with Crippen LogP contribution in [0.15, 0.2) is 47.2 Å². The normalized spacial score (nSPS) is 9.95. The molecule has 1 aromatic heterocycles.